The van der Waals surface area contributed by atoms with Crippen LogP contribution in [0.5, 0.6) is 0 Å². The highest BCUT2D eigenvalue weighted by Gasteiger charge is 2.49. The van der Waals surface area contributed by atoms with Crippen LogP contribution < -0.4 is 32.8 Å². The van der Waals surface area contributed by atoms with Crippen LogP contribution in [0.3, 0.4) is 0 Å². The maximum Gasteiger partial charge on any atom is 0.252 e. The summed E-state index contributed by atoms with van der Waals surface area (Å²) in [5.74, 6) is 0. The summed E-state index contributed by atoms with van der Waals surface area (Å²) >= 11 is 0. The Balaban J connectivity index is 0.965. The molecule has 0 aliphatic carbocycles. The van der Waals surface area contributed by atoms with E-state index in [0.717, 1.165) is 0 Å². The van der Waals surface area contributed by atoms with Gasteiger partial charge >= 0.3 is 0 Å². The van der Waals surface area contributed by atoms with Crippen LogP contribution in [-0.4, -0.2) is 36.3 Å². The summed E-state index contributed by atoms with van der Waals surface area (Å²) in [5, 5.41) is 12.9. The van der Waals surface area contributed by atoms with Crippen molar-refractivity contribution in [3.8, 4) is 28.4 Å². The summed E-state index contributed by atoms with van der Waals surface area (Å²) in [4.78, 5) is 0. The van der Waals surface area contributed by atoms with E-state index < -0.39 is 0 Å². The Morgan fingerprint density at radius 3 is 1.14 bits per heavy atom. The number of para-hydroxylation sites is 8. The molecule has 16 aromatic rings. The normalized spacial score (nSPS) is 13.7. The van der Waals surface area contributed by atoms with Crippen molar-refractivity contribution >= 4 is 155 Å². The highest BCUT2D eigenvalue weighted by Crippen LogP contribution is 2.45. The minimum Gasteiger partial charge on any atom is -0.311 e. The molecular weight excluding hydrogens is 884 g/mol. The zero-order valence-electron chi connectivity index (χ0n) is 39.1. The summed E-state index contributed by atoms with van der Waals surface area (Å²) in [6.07, 6.45) is 0. The van der Waals surface area contributed by atoms with Crippen molar-refractivity contribution in [2.75, 3.05) is 0 Å². The predicted molar refractivity (Wildman–Crippen MR) is 307 cm³/mol. The van der Waals surface area contributed by atoms with E-state index in [4.69, 9.17) is 0 Å². The van der Waals surface area contributed by atoms with E-state index in [0.29, 0.717) is 0 Å². The summed E-state index contributed by atoms with van der Waals surface area (Å²) in [6.45, 7) is 0.0310. The number of hydrogen-bond acceptors (Lipinski definition) is 0. The van der Waals surface area contributed by atoms with Crippen LogP contribution in [0.15, 0.2) is 212 Å². The van der Waals surface area contributed by atoms with E-state index in [1.165, 1.54) is 170 Å². The smallest absolute Gasteiger partial charge is 0.252 e. The predicted octanol–water partition coefficient (Wildman–Crippen LogP) is 11.5. The molecule has 4 aliphatic rings. The molecule has 0 saturated heterocycles. The second kappa shape index (κ2) is 12.2. The molecule has 0 unspecified atom stereocenters. The van der Waals surface area contributed by atoms with Crippen molar-refractivity contribution in [1.29, 1.82) is 0 Å². The second-order valence-corrected chi connectivity index (χ2v) is 21.1. The van der Waals surface area contributed by atoms with E-state index in [-0.39, 0.29) is 13.4 Å². The van der Waals surface area contributed by atoms with Gasteiger partial charge in [0.1, 0.15) is 0 Å². The Morgan fingerprint density at radius 1 is 0.233 bits per heavy atom. The number of hydrogen-bond donors (Lipinski definition) is 0. The largest absolute Gasteiger partial charge is 0.311 e. The van der Waals surface area contributed by atoms with Crippen molar-refractivity contribution in [2.45, 2.75) is 0 Å². The molecule has 73 heavy (non-hydrogen) atoms. The maximum absolute atomic E-state index is 2.74. The van der Waals surface area contributed by atoms with Crippen molar-refractivity contribution < 1.29 is 0 Å². The van der Waals surface area contributed by atoms with Crippen LogP contribution in [0.4, 0.5) is 0 Å². The van der Waals surface area contributed by atoms with Crippen molar-refractivity contribution in [3.05, 3.63) is 212 Å². The van der Waals surface area contributed by atoms with Gasteiger partial charge in [-0.05, 0) is 99.5 Å². The third-order valence-electron chi connectivity index (χ3n) is 18.0. The molecule has 0 N–H and O–H groups in total. The van der Waals surface area contributed by atoms with Gasteiger partial charge < -0.3 is 22.8 Å². The molecular formula is C66H35B2N5. The number of fused-ring (bicyclic) bond motifs is 19. The van der Waals surface area contributed by atoms with Gasteiger partial charge in [-0.3, -0.25) is 0 Å². The molecule has 0 radical (unpaired) electrons. The van der Waals surface area contributed by atoms with Crippen LogP contribution in [0, 0.1) is 0 Å². The van der Waals surface area contributed by atoms with E-state index in [9.17, 15) is 0 Å². The lowest BCUT2D eigenvalue weighted by atomic mass is 9.30. The van der Waals surface area contributed by atoms with Crippen LogP contribution in [-0.2, 0) is 0 Å². The third-order valence-corrected chi connectivity index (χ3v) is 18.0. The number of benzene rings is 11. The summed E-state index contributed by atoms with van der Waals surface area (Å²) in [6, 6.07) is 81.1. The van der Waals surface area contributed by atoms with Gasteiger partial charge in [0.25, 0.3) is 13.4 Å². The van der Waals surface area contributed by atoms with Gasteiger partial charge in [-0.25, -0.2) is 0 Å². The first kappa shape index (κ1) is 36.5. The SMILES string of the molecule is c1ccc2c(c1)c1ccccc1n2-c1ccc2c(c1)c1cccc3c1n2-c1cc2c4c5c1B3c1cccc3c6cc(-n7c8ccccc8c8ccccc87)cc(c6n-5c13)B4c1cccc3c4ccccc4n-2c13. The summed E-state index contributed by atoms with van der Waals surface area (Å²) in [5.41, 5.74) is 27.3. The highest BCUT2D eigenvalue weighted by molar-refractivity contribution is 7.04. The average molecular weight is 920 g/mol. The zero-order valence-corrected chi connectivity index (χ0v) is 39.1. The Hall–Kier alpha value is -9.45. The molecule has 7 heteroatoms. The van der Waals surface area contributed by atoms with Gasteiger partial charge in [-0.1, -0.05) is 146 Å². The molecule has 5 nitrogen and oxygen atoms in total. The molecule has 0 amide bonds. The highest BCUT2D eigenvalue weighted by atomic mass is 15.1. The minimum absolute atomic E-state index is 0.00210. The zero-order chi connectivity index (χ0) is 46.7. The Bertz CT molecular complexity index is 5260. The van der Waals surface area contributed by atoms with Gasteiger partial charge in [0.2, 0.25) is 0 Å². The van der Waals surface area contributed by atoms with Crippen molar-refractivity contribution in [3.63, 3.8) is 0 Å². The molecule has 20 rings (SSSR count). The molecule has 5 aromatic heterocycles. The third kappa shape index (κ3) is 3.96. The van der Waals surface area contributed by atoms with E-state index in [1.807, 2.05) is 0 Å². The molecule has 0 atom stereocenters. The molecule has 11 aromatic carbocycles. The van der Waals surface area contributed by atoms with Crippen molar-refractivity contribution in [1.82, 2.24) is 22.8 Å². The lowest BCUT2D eigenvalue weighted by Crippen LogP contribution is -2.66. The lowest BCUT2D eigenvalue weighted by molar-refractivity contribution is 1.11. The summed E-state index contributed by atoms with van der Waals surface area (Å²) in [7, 11) is 0. The Morgan fingerprint density at radius 2 is 0.603 bits per heavy atom. The van der Waals surface area contributed by atoms with Crippen LogP contribution in [0.25, 0.3) is 137 Å². The molecule has 4 aliphatic heterocycles. The minimum atomic E-state index is -0.00210. The molecule has 9 heterocycles. The fraction of sp³-hybridized carbons (Fsp3) is 0. The van der Waals surface area contributed by atoms with Gasteiger partial charge in [0.05, 0.1) is 33.1 Å². The van der Waals surface area contributed by atoms with Gasteiger partial charge in [0.15, 0.2) is 0 Å². The molecule has 0 spiro atoms. The quantitative estimate of drug-likeness (QED) is 0.154. The molecule has 0 fully saturated rings. The molecule has 330 valence electrons. The van der Waals surface area contributed by atoms with Crippen LogP contribution >= 0.6 is 0 Å². The fourth-order valence-electron chi connectivity index (χ4n) is 15.5. The topological polar surface area (TPSA) is 24.6 Å². The molecule has 0 saturated carbocycles. The van der Waals surface area contributed by atoms with Crippen molar-refractivity contribution in [2.24, 2.45) is 0 Å². The fourth-order valence-corrected chi connectivity index (χ4v) is 15.5. The standard InChI is InChI=1S/C66H35B2N5/c1-6-25-52-38(14-1)39-15-2-7-26-53(39)69(52)36-30-31-57-46(32-36)44-20-12-22-48-63(44)72(57)58-35-59-61-66-60(58)67(48)50-24-13-21-45-47-33-37(70-54-27-8-3-16-40(54)41-17-4-9-28-55(41)70)34-51(65(47)73(66)64(45)50)68(61)49-23-11-19-43-42-18-5-10-29-56(42)71(59)62(43)49/h1-35H. The average Bonchev–Trinajstić information content (AvgIpc) is 4.33. The Labute approximate surface area is 416 Å². The van der Waals surface area contributed by atoms with E-state index >= 15 is 0 Å². The van der Waals surface area contributed by atoms with E-state index in [2.05, 4.69) is 235 Å². The van der Waals surface area contributed by atoms with Gasteiger partial charge in [-0.2, -0.15) is 0 Å². The van der Waals surface area contributed by atoms with Gasteiger partial charge in [-0.15, -0.1) is 0 Å². The van der Waals surface area contributed by atoms with Crippen LogP contribution in [0.2, 0.25) is 0 Å². The lowest BCUT2D eigenvalue weighted by Gasteiger charge is -2.41. The first-order valence-electron chi connectivity index (χ1n) is 25.7. The maximum atomic E-state index is 2.74. The second-order valence-electron chi connectivity index (χ2n) is 21.1. The monoisotopic (exact) mass is 919 g/mol. The van der Waals surface area contributed by atoms with Crippen LogP contribution in [0.1, 0.15) is 0 Å². The Kier molecular flexibility index (Phi) is 6.08. The summed E-state index contributed by atoms with van der Waals surface area (Å²) < 4.78 is 13.0. The number of nitrogens with zero attached hydrogens (tertiary/aromatic N) is 5. The first-order valence-corrected chi connectivity index (χ1v) is 25.7. The van der Waals surface area contributed by atoms with Gasteiger partial charge in [0, 0.05) is 104 Å². The number of aromatic nitrogens is 5. The number of rotatable bonds is 2. The van der Waals surface area contributed by atoms with E-state index in [1.54, 1.807) is 0 Å². The first-order chi connectivity index (χ1) is 36.3. The molecule has 0 bridgehead atoms.